The molecule has 0 amide bonds. The first-order chi connectivity index (χ1) is 11.2. The predicted octanol–water partition coefficient (Wildman–Crippen LogP) is 4.24. The van der Waals surface area contributed by atoms with Gasteiger partial charge in [-0.1, -0.05) is 72.3 Å². The molecule has 3 aromatic rings. The van der Waals surface area contributed by atoms with Gasteiger partial charge in [0.2, 0.25) is 5.43 Å². The van der Waals surface area contributed by atoms with E-state index >= 15 is 0 Å². The number of halogens is 1. The first-order valence-corrected chi connectivity index (χ1v) is 8.56. The molecule has 3 rings (SSSR count). The van der Waals surface area contributed by atoms with Crippen molar-refractivity contribution in [3.63, 3.8) is 0 Å². The maximum absolute atomic E-state index is 12.1. The van der Waals surface area contributed by atoms with Gasteiger partial charge in [0.25, 0.3) is 0 Å². The highest BCUT2D eigenvalue weighted by Crippen LogP contribution is 2.26. The molecule has 23 heavy (non-hydrogen) atoms. The Hall–Kier alpha value is -2.04. The van der Waals surface area contributed by atoms with E-state index in [1.807, 2.05) is 60.7 Å². The second-order valence-electron chi connectivity index (χ2n) is 5.05. The third kappa shape index (κ3) is 4.03. The Labute approximate surface area is 143 Å². The quantitative estimate of drug-likeness (QED) is 0.650. The molecule has 1 heterocycles. The second-order valence-corrected chi connectivity index (χ2v) is 6.39. The fraction of sp³-hybridized carbons (Fsp3) is 0.111. The van der Waals surface area contributed by atoms with Gasteiger partial charge in [-0.2, -0.15) is 5.10 Å². The molecule has 0 unspecified atom stereocenters. The Balaban J connectivity index is 1.82. The van der Waals surface area contributed by atoms with Gasteiger partial charge < -0.3 is 0 Å². The fourth-order valence-corrected chi connectivity index (χ4v) is 3.46. The van der Waals surface area contributed by atoms with Gasteiger partial charge in [-0.3, -0.25) is 4.79 Å². The van der Waals surface area contributed by atoms with Crippen molar-refractivity contribution in [1.82, 2.24) is 9.78 Å². The minimum Gasteiger partial charge on any atom is -0.287 e. The minimum atomic E-state index is -0.139. The molecule has 116 valence electrons. The molecule has 0 aliphatic rings. The van der Waals surface area contributed by atoms with Gasteiger partial charge in [-0.05, 0) is 11.1 Å². The summed E-state index contributed by atoms with van der Waals surface area (Å²) in [5, 5.41) is 4.54. The van der Waals surface area contributed by atoms with Gasteiger partial charge in [0.15, 0.2) is 0 Å². The SMILES string of the molecule is O=c1cnn(Cc2ccccc2)c(Cl)c1SCc1ccccc1. The zero-order valence-electron chi connectivity index (χ0n) is 12.4. The van der Waals surface area contributed by atoms with E-state index in [-0.39, 0.29) is 5.43 Å². The summed E-state index contributed by atoms with van der Waals surface area (Å²) in [6.07, 6.45) is 1.34. The molecular formula is C18H15ClN2OS. The van der Waals surface area contributed by atoms with Gasteiger partial charge in [0.05, 0.1) is 17.6 Å². The van der Waals surface area contributed by atoms with Crippen LogP contribution >= 0.6 is 23.4 Å². The fourth-order valence-electron chi connectivity index (χ4n) is 2.18. The Morgan fingerprint density at radius 2 is 1.57 bits per heavy atom. The van der Waals surface area contributed by atoms with E-state index in [4.69, 9.17) is 11.6 Å². The maximum atomic E-state index is 12.1. The molecule has 0 saturated carbocycles. The molecule has 0 bridgehead atoms. The number of hydrogen-bond donors (Lipinski definition) is 0. The summed E-state index contributed by atoms with van der Waals surface area (Å²) < 4.78 is 1.66. The smallest absolute Gasteiger partial charge is 0.215 e. The van der Waals surface area contributed by atoms with Gasteiger partial charge in [0.1, 0.15) is 5.15 Å². The summed E-state index contributed by atoms with van der Waals surface area (Å²) in [5.74, 6) is 0.700. The largest absolute Gasteiger partial charge is 0.287 e. The number of aromatic nitrogens is 2. The molecule has 0 N–H and O–H groups in total. The van der Waals surface area contributed by atoms with Crippen molar-refractivity contribution >= 4 is 23.4 Å². The van der Waals surface area contributed by atoms with Crippen molar-refractivity contribution < 1.29 is 0 Å². The van der Waals surface area contributed by atoms with Crippen LogP contribution in [0.2, 0.25) is 5.15 Å². The van der Waals surface area contributed by atoms with E-state index in [2.05, 4.69) is 5.10 Å². The third-order valence-electron chi connectivity index (χ3n) is 3.35. The lowest BCUT2D eigenvalue weighted by atomic mass is 10.2. The molecule has 0 aliphatic carbocycles. The zero-order valence-corrected chi connectivity index (χ0v) is 13.9. The molecular weight excluding hydrogens is 328 g/mol. The Morgan fingerprint density at radius 1 is 0.957 bits per heavy atom. The summed E-state index contributed by atoms with van der Waals surface area (Å²) in [7, 11) is 0. The predicted molar refractivity (Wildman–Crippen MR) is 95.1 cm³/mol. The lowest BCUT2D eigenvalue weighted by Gasteiger charge is -2.11. The molecule has 0 fully saturated rings. The van der Waals surface area contributed by atoms with Crippen LogP contribution in [0.15, 0.2) is 76.6 Å². The van der Waals surface area contributed by atoms with E-state index in [0.717, 1.165) is 11.1 Å². The Morgan fingerprint density at radius 3 is 2.22 bits per heavy atom. The van der Waals surface area contributed by atoms with E-state index in [1.165, 1.54) is 18.0 Å². The topological polar surface area (TPSA) is 34.9 Å². The highest BCUT2D eigenvalue weighted by atomic mass is 35.5. The van der Waals surface area contributed by atoms with Crippen molar-refractivity contribution in [1.29, 1.82) is 0 Å². The van der Waals surface area contributed by atoms with Crippen LogP contribution in [0.5, 0.6) is 0 Å². The van der Waals surface area contributed by atoms with Crippen LogP contribution in [-0.4, -0.2) is 9.78 Å². The minimum absolute atomic E-state index is 0.139. The van der Waals surface area contributed by atoms with Gasteiger partial charge in [0, 0.05) is 5.75 Å². The summed E-state index contributed by atoms with van der Waals surface area (Å²) in [6.45, 7) is 0.541. The van der Waals surface area contributed by atoms with Crippen LogP contribution < -0.4 is 5.43 Å². The number of thioether (sulfide) groups is 1. The zero-order chi connectivity index (χ0) is 16.1. The summed E-state index contributed by atoms with van der Waals surface area (Å²) >= 11 is 7.86. The van der Waals surface area contributed by atoms with Crippen molar-refractivity contribution in [2.45, 2.75) is 17.2 Å². The molecule has 0 spiro atoms. The first kappa shape index (κ1) is 15.8. The van der Waals surface area contributed by atoms with Crippen LogP contribution in [0.1, 0.15) is 11.1 Å². The maximum Gasteiger partial charge on any atom is 0.215 e. The molecule has 0 aliphatic heterocycles. The second kappa shape index (κ2) is 7.49. The Kier molecular flexibility index (Phi) is 5.16. The van der Waals surface area contributed by atoms with Crippen LogP contribution in [0, 0.1) is 0 Å². The average molecular weight is 343 g/mol. The highest BCUT2D eigenvalue weighted by molar-refractivity contribution is 7.98. The van der Waals surface area contributed by atoms with Crippen molar-refractivity contribution in [3.05, 3.63) is 93.4 Å². The van der Waals surface area contributed by atoms with E-state index in [9.17, 15) is 4.79 Å². The summed E-state index contributed by atoms with van der Waals surface area (Å²) in [5.41, 5.74) is 2.10. The van der Waals surface area contributed by atoms with Crippen LogP contribution in [0.3, 0.4) is 0 Å². The van der Waals surface area contributed by atoms with Crippen LogP contribution in [0.4, 0.5) is 0 Å². The molecule has 3 nitrogen and oxygen atoms in total. The normalized spacial score (nSPS) is 10.7. The lowest BCUT2D eigenvalue weighted by molar-refractivity contribution is 0.650. The van der Waals surface area contributed by atoms with Gasteiger partial charge >= 0.3 is 0 Å². The third-order valence-corrected chi connectivity index (χ3v) is 5.01. The standard InChI is InChI=1S/C18H15ClN2OS/c19-18-17(23-13-15-9-5-2-6-10-15)16(22)11-20-21(18)12-14-7-3-1-4-8-14/h1-11H,12-13H2. The Bertz CT molecular complexity index is 835. The van der Waals surface area contributed by atoms with Crippen molar-refractivity contribution in [2.75, 3.05) is 0 Å². The number of benzene rings is 2. The molecule has 5 heteroatoms. The monoisotopic (exact) mass is 342 g/mol. The van der Waals surface area contributed by atoms with Crippen molar-refractivity contribution in [3.8, 4) is 0 Å². The number of nitrogens with zero attached hydrogens (tertiary/aromatic N) is 2. The molecule has 2 aromatic carbocycles. The summed E-state index contributed by atoms with van der Waals surface area (Å²) in [4.78, 5) is 12.6. The molecule has 0 radical (unpaired) electrons. The van der Waals surface area contributed by atoms with Gasteiger partial charge in [-0.25, -0.2) is 4.68 Å². The van der Waals surface area contributed by atoms with E-state index in [1.54, 1.807) is 4.68 Å². The number of rotatable bonds is 5. The van der Waals surface area contributed by atoms with Crippen molar-refractivity contribution in [2.24, 2.45) is 0 Å². The van der Waals surface area contributed by atoms with Crippen LogP contribution in [0.25, 0.3) is 0 Å². The first-order valence-electron chi connectivity index (χ1n) is 7.20. The molecule has 0 atom stereocenters. The van der Waals surface area contributed by atoms with E-state index < -0.39 is 0 Å². The lowest BCUT2D eigenvalue weighted by Crippen LogP contribution is -2.15. The van der Waals surface area contributed by atoms with E-state index in [0.29, 0.717) is 22.3 Å². The molecule has 1 aromatic heterocycles. The average Bonchev–Trinajstić information content (AvgIpc) is 2.59. The van der Waals surface area contributed by atoms with Gasteiger partial charge in [-0.15, -0.1) is 11.8 Å². The number of hydrogen-bond acceptors (Lipinski definition) is 3. The molecule has 0 saturated heterocycles. The summed E-state index contributed by atoms with van der Waals surface area (Å²) in [6, 6.07) is 19.9. The highest BCUT2D eigenvalue weighted by Gasteiger charge is 2.11. The van der Waals surface area contributed by atoms with Crippen LogP contribution in [-0.2, 0) is 12.3 Å².